The second-order valence-corrected chi connectivity index (χ2v) is 18.7. The number of rotatable bonds is 9. The van der Waals surface area contributed by atoms with E-state index in [0.29, 0.717) is 6.61 Å². The fraction of sp³-hybridized carbons (Fsp3) is 1.00. The van der Waals surface area contributed by atoms with Gasteiger partial charge in [0.15, 0.2) is 8.32 Å². The Morgan fingerprint density at radius 2 is 1.60 bits per heavy atom. The van der Waals surface area contributed by atoms with Gasteiger partial charge in [0.05, 0.1) is 16.8 Å². The fourth-order valence-corrected chi connectivity index (χ4v) is 8.19. The standard InChI is InChI=1S/C18H35F3O5S3Si/c1-13(11-26-30(6,7)16(3,4)5)17(27-9-8-10-28-17)14(2)15(22)12-25-29(23,24)18(19,20)21/h13-15,22H,8-12H2,1-7H3/t13-,14?,15?/m0/s1. The maximum absolute atomic E-state index is 12.5. The molecule has 12 heteroatoms. The van der Waals surface area contributed by atoms with E-state index in [2.05, 4.69) is 38.0 Å². The van der Waals surface area contributed by atoms with Crippen molar-refractivity contribution in [2.24, 2.45) is 11.8 Å². The SMILES string of the molecule is CC(C(O)COS(=O)(=O)C(F)(F)F)C1([C@@H](C)CO[Si](C)(C)C(C)(C)C)SCCCS1. The van der Waals surface area contributed by atoms with Gasteiger partial charge < -0.3 is 9.53 Å². The average Bonchev–Trinajstić information content (AvgIpc) is 2.62. The molecule has 0 amide bonds. The maximum Gasteiger partial charge on any atom is 0.523 e. The van der Waals surface area contributed by atoms with Crippen molar-refractivity contribution in [1.82, 2.24) is 0 Å². The molecule has 0 radical (unpaired) electrons. The Kier molecular flexibility index (Phi) is 9.72. The third kappa shape index (κ3) is 6.77. The quantitative estimate of drug-likeness (QED) is 0.263. The van der Waals surface area contributed by atoms with Crippen LogP contribution in [0.3, 0.4) is 0 Å². The summed E-state index contributed by atoms with van der Waals surface area (Å²) in [7, 11) is -7.73. The van der Waals surface area contributed by atoms with Crippen molar-refractivity contribution in [3.05, 3.63) is 0 Å². The minimum atomic E-state index is -5.74. The lowest BCUT2D eigenvalue weighted by Crippen LogP contribution is -2.49. The molecule has 180 valence electrons. The molecule has 1 heterocycles. The lowest BCUT2D eigenvalue weighted by atomic mass is 9.92. The Morgan fingerprint density at radius 3 is 2.03 bits per heavy atom. The van der Waals surface area contributed by atoms with Crippen molar-refractivity contribution in [2.45, 2.75) is 74.9 Å². The third-order valence-electron chi connectivity index (χ3n) is 6.02. The molecule has 2 unspecified atom stereocenters. The fourth-order valence-electron chi connectivity index (χ4n) is 2.86. The number of thioether (sulfide) groups is 2. The Labute approximate surface area is 188 Å². The van der Waals surface area contributed by atoms with E-state index in [1.54, 1.807) is 30.4 Å². The van der Waals surface area contributed by atoms with Crippen LogP contribution in [0.1, 0.15) is 41.0 Å². The van der Waals surface area contributed by atoms with E-state index in [9.17, 15) is 26.7 Å². The number of aliphatic hydroxyl groups excluding tert-OH is 1. The summed E-state index contributed by atoms with van der Waals surface area (Å²) < 4.78 is 70.0. The van der Waals surface area contributed by atoms with Crippen LogP contribution in [0.15, 0.2) is 0 Å². The lowest BCUT2D eigenvalue weighted by Gasteiger charge is -2.48. The predicted octanol–water partition coefficient (Wildman–Crippen LogP) is 5.07. The van der Waals surface area contributed by atoms with Crippen LogP contribution in [-0.4, -0.2) is 62.3 Å². The van der Waals surface area contributed by atoms with Crippen LogP contribution >= 0.6 is 23.5 Å². The number of aliphatic hydroxyl groups is 1. The van der Waals surface area contributed by atoms with Crippen molar-refractivity contribution in [1.29, 1.82) is 0 Å². The van der Waals surface area contributed by atoms with Gasteiger partial charge in [-0.25, -0.2) is 0 Å². The number of halogens is 3. The Morgan fingerprint density at radius 1 is 1.10 bits per heavy atom. The van der Waals surface area contributed by atoms with Crippen LogP contribution in [0, 0.1) is 11.8 Å². The molecular formula is C18H35F3O5S3Si. The maximum atomic E-state index is 12.5. The highest BCUT2D eigenvalue weighted by Crippen LogP contribution is 2.54. The lowest BCUT2D eigenvalue weighted by molar-refractivity contribution is -0.0578. The smallest absolute Gasteiger partial charge is 0.416 e. The molecule has 1 saturated heterocycles. The summed E-state index contributed by atoms with van der Waals surface area (Å²) in [6, 6.07) is 0. The molecule has 0 bridgehead atoms. The zero-order chi connectivity index (χ0) is 23.6. The van der Waals surface area contributed by atoms with Crippen LogP contribution in [0.4, 0.5) is 13.2 Å². The molecule has 0 aliphatic carbocycles. The molecule has 0 aromatic rings. The summed E-state index contributed by atoms with van der Waals surface area (Å²) in [6.45, 7) is 14.1. The van der Waals surface area contributed by atoms with E-state index in [1.165, 1.54) is 0 Å². The molecule has 1 fully saturated rings. The first-order valence-corrected chi connectivity index (χ1v) is 16.2. The van der Waals surface area contributed by atoms with E-state index in [1.807, 2.05) is 6.92 Å². The molecule has 1 N–H and O–H groups in total. The summed E-state index contributed by atoms with van der Waals surface area (Å²) in [5, 5.41) is 10.6. The normalized spacial score (nSPS) is 21.8. The summed E-state index contributed by atoms with van der Waals surface area (Å²) in [5.74, 6) is 1.20. The molecule has 0 saturated carbocycles. The predicted molar refractivity (Wildman–Crippen MR) is 121 cm³/mol. The second-order valence-electron chi connectivity index (χ2n) is 9.28. The first kappa shape index (κ1) is 28.6. The molecule has 5 nitrogen and oxygen atoms in total. The van der Waals surface area contributed by atoms with Gasteiger partial charge in [-0.15, -0.1) is 23.5 Å². The molecule has 1 aliphatic rings. The second kappa shape index (κ2) is 10.2. The van der Waals surface area contributed by atoms with Gasteiger partial charge in [0.2, 0.25) is 0 Å². The van der Waals surface area contributed by atoms with E-state index < -0.39 is 46.7 Å². The Balaban J connectivity index is 2.95. The molecule has 1 rings (SSSR count). The zero-order valence-corrected chi connectivity index (χ0v) is 22.2. The monoisotopic (exact) mass is 512 g/mol. The van der Waals surface area contributed by atoms with E-state index >= 15 is 0 Å². The molecule has 3 atom stereocenters. The molecule has 0 aromatic carbocycles. The van der Waals surface area contributed by atoms with Crippen LogP contribution in [0.5, 0.6) is 0 Å². The minimum Gasteiger partial charge on any atom is -0.416 e. The van der Waals surface area contributed by atoms with Gasteiger partial charge in [0, 0.05) is 18.4 Å². The number of hydrogen-bond donors (Lipinski definition) is 1. The van der Waals surface area contributed by atoms with Gasteiger partial charge >= 0.3 is 15.6 Å². The van der Waals surface area contributed by atoms with E-state index in [-0.39, 0.29) is 11.0 Å². The topological polar surface area (TPSA) is 72.8 Å². The molecule has 30 heavy (non-hydrogen) atoms. The van der Waals surface area contributed by atoms with Gasteiger partial charge in [-0.2, -0.15) is 21.6 Å². The number of alkyl halides is 3. The van der Waals surface area contributed by atoms with Crippen molar-refractivity contribution in [3.63, 3.8) is 0 Å². The largest absolute Gasteiger partial charge is 0.523 e. The summed E-state index contributed by atoms with van der Waals surface area (Å²) in [5.41, 5.74) is -5.51. The van der Waals surface area contributed by atoms with Crippen molar-refractivity contribution < 1.29 is 35.3 Å². The first-order valence-electron chi connectivity index (χ1n) is 9.93. The molecule has 0 spiro atoms. The van der Waals surface area contributed by atoms with E-state index in [0.717, 1.165) is 17.9 Å². The van der Waals surface area contributed by atoms with Crippen LogP contribution < -0.4 is 0 Å². The summed E-state index contributed by atoms with van der Waals surface area (Å²) in [4.78, 5) is 0. The highest BCUT2D eigenvalue weighted by Gasteiger charge is 2.50. The first-order chi connectivity index (χ1) is 13.4. The van der Waals surface area contributed by atoms with Gasteiger partial charge in [-0.05, 0) is 36.1 Å². The summed E-state index contributed by atoms with van der Waals surface area (Å²) >= 11 is 3.33. The average molecular weight is 513 g/mol. The molecular weight excluding hydrogens is 477 g/mol. The number of hydrogen-bond acceptors (Lipinski definition) is 7. The highest BCUT2D eigenvalue weighted by atomic mass is 32.2. The molecule has 1 aliphatic heterocycles. The Bertz CT molecular complexity index is 659. The van der Waals surface area contributed by atoms with Crippen molar-refractivity contribution in [2.75, 3.05) is 24.7 Å². The van der Waals surface area contributed by atoms with Crippen LogP contribution in [-0.2, 0) is 18.7 Å². The minimum absolute atomic E-state index is 0.00852. The van der Waals surface area contributed by atoms with E-state index in [4.69, 9.17) is 4.43 Å². The Hall–Kier alpha value is 0.537. The van der Waals surface area contributed by atoms with Crippen molar-refractivity contribution >= 4 is 42.0 Å². The van der Waals surface area contributed by atoms with Gasteiger partial charge in [0.1, 0.15) is 0 Å². The summed E-state index contributed by atoms with van der Waals surface area (Å²) in [6.07, 6.45) is -0.371. The highest BCUT2D eigenvalue weighted by molar-refractivity contribution is 8.18. The zero-order valence-electron chi connectivity index (χ0n) is 18.7. The third-order valence-corrected chi connectivity index (χ3v) is 15.7. The van der Waals surface area contributed by atoms with Crippen LogP contribution in [0.2, 0.25) is 18.1 Å². The van der Waals surface area contributed by atoms with Gasteiger partial charge in [-0.3, -0.25) is 4.18 Å². The van der Waals surface area contributed by atoms with Gasteiger partial charge in [-0.1, -0.05) is 34.6 Å². The molecule has 0 aromatic heterocycles. The van der Waals surface area contributed by atoms with Crippen molar-refractivity contribution in [3.8, 4) is 0 Å². The van der Waals surface area contributed by atoms with Gasteiger partial charge in [0.25, 0.3) is 0 Å². The van der Waals surface area contributed by atoms with Crippen LogP contribution in [0.25, 0.3) is 0 Å².